The second-order valence-corrected chi connectivity index (χ2v) is 4.86. The summed E-state index contributed by atoms with van der Waals surface area (Å²) in [6.07, 6.45) is -6.87. The lowest BCUT2D eigenvalue weighted by Crippen LogP contribution is -2.54. The minimum absolute atomic E-state index is 0. The van der Waals surface area contributed by atoms with Gasteiger partial charge in [0, 0.05) is 0 Å². The Morgan fingerprint density at radius 2 is 1.61 bits per heavy atom. The SMILES string of the molecule is Cl.NCCCC[C@H](NC(=O)[C@H](O)[C@@H](O)[C@H](O)[C@H](O)CO)C(=O)O. The van der Waals surface area contributed by atoms with Gasteiger partial charge in [0.15, 0.2) is 6.10 Å². The van der Waals surface area contributed by atoms with Crippen LogP contribution in [0.15, 0.2) is 0 Å². The fourth-order valence-corrected chi connectivity index (χ4v) is 1.68. The molecule has 0 rings (SSSR count). The highest BCUT2D eigenvalue weighted by Gasteiger charge is 2.35. The van der Waals surface area contributed by atoms with Gasteiger partial charge in [0.25, 0.3) is 5.91 Å². The van der Waals surface area contributed by atoms with E-state index in [1.54, 1.807) is 0 Å². The zero-order chi connectivity index (χ0) is 17.3. The number of carboxylic acid groups (broad SMARTS) is 1. The van der Waals surface area contributed by atoms with Crippen molar-refractivity contribution in [3.05, 3.63) is 0 Å². The summed E-state index contributed by atoms with van der Waals surface area (Å²) < 4.78 is 0. The number of hydrogen-bond donors (Lipinski definition) is 8. The van der Waals surface area contributed by atoms with E-state index in [4.69, 9.17) is 21.1 Å². The maximum Gasteiger partial charge on any atom is 0.326 e. The van der Waals surface area contributed by atoms with E-state index >= 15 is 0 Å². The average molecular weight is 361 g/mol. The molecule has 1 amide bonds. The van der Waals surface area contributed by atoms with Crippen LogP contribution in [0.1, 0.15) is 19.3 Å². The first-order valence-electron chi connectivity index (χ1n) is 6.82. The molecule has 23 heavy (non-hydrogen) atoms. The lowest BCUT2D eigenvalue weighted by atomic mass is 10.0. The Bertz CT molecular complexity index is 360. The molecule has 0 aromatic heterocycles. The Morgan fingerprint density at radius 3 is 2.04 bits per heavy atom. The fourth-order valence-electron chi connectivity index (χ4n) is 1.68. The maximum atomic E-state index is 11.7. The van der Waals surface area contributed by atoms with Crippen LogP contribution in [0, 0.1) is 0 Å². The summed E-state index contributed by atoms with van der Waals surface area (Å²) in [4.78, 5) is 22.7. The van der Waals surface area contributed by atoms with Crippen LogP contribution < -0.4 is 11.1 Å². The number of carbonyl (C=O) groups excluding carboxylic acids is 1. The third kappa shape index (κ3) is 8.42. The van der Waals surface area contributed by atoms with E-state index in [0.717, 1.165) is 0 Å². The molecule has 5 atom stereocenters. The van der Waals surface area contributed by atoms with Crippen LogP contribution in [-0.4, -0.2) is 86.1 Å². The smallest absolute Gasteiger partial charge is 0.326 e. The second-order valence-electron chi connectivity index (χ2n) is 4.86. The van der Waals surface area contributed by atoms with Gasteiger partial charge < -0.3 is 41.7 Å². The van der Waals surface area contributed by atoms with Crippen molar-refractivity contribution in [1.82, 2.24) is 5.32 Å². The van der Waals surface area contributed by atoms with Crippen LogP contribution in [0.4, 0.5) is 0 Å². The van der Waals surface area contributed by atoms with E-state index in [1.165, 1.54) is 0 Å². The highest BCUT2D eigenvalue weighted by Crippen LogP contribution is 2.07. The van der Waals surface area contributed by atoms with E-state index in [1.807, 2.05) is 5.32 Å². The molecule has 0 heterocycles. The Hall–Kier alpha value is -1.01. The van der Waals surface area contributed by atoms with Gasteiger partial charge in [0.2, 0.25) is 0 Å². The van der Waals surface area contributed by atoms with Gasteiger partial charge in [-0.15, -0.1) is 12.4 Å². The topological polar surface area (TPSA) is 194 Å². The Balaban J connectivity index is 0. The zero-order valence-corrected chi connectivity index (χ0v) is 13.2. The first-order chi connectivity index (χ1) is 10.3. The molecule has 0 radical (unpaired) electrons. The monoisotopic (exact) mass is 360 g/mol. The number of carboxylic acids is 1. The van der Waals surface area contributed by atoms with Crippen LogP contribution in [0.5, 0.6) is 0 Å². The summed E-state index contributed by atoms with van der Waals surface area (Å²) >= 11 is 0. The molecule has 9 N–H and O–H groups in total. The standard InChI is InChI=1S/C12H24N2O8.ClH/c13-4-2-1-3-6(12(21)22)14-11(20)10(19)9(18)8(17)7(16)5-15;/h6-10,15-19H,1-5,13H2,(H,14,20)(H,21,22);1H/t6-,7+,8+,9-,10+;/m0./s1. The van der Waals surface area contributed by atoms with Crippen molar-refractivity contribution in [2.45, 2.75) is 49.7 Å². The van der Waals surface area contributed by atoms with Crippen molar-refractivity contribution in [1.29, 1.82) is 0 Å². The predicted octanol–water partition coefficient (Wildman–Crippen LogP) is -3.46. The van der Waals surface area contributed by atoms with E-state index < -0.39 is 48.9 Å². The number of nitrogens with one attached hydrogen (secondary N) is 1. The molecule has 0 aliphatic carbocycles. The van der Waals surface area contributed by atoms with E-state index in [-0.39, 0.29) is 18.8 Å². The van der Waals surface area contributed by atoms with Crippen LogP contribution in [0.3, 0.4) is 0 Å². The summed E-state index contributed by atoms with van der Waals surface area (Å²) in [5.74, 6) is -2.53. The third-order valence-electron chi connectivity index (χ3n) is 3.08. The Morgan fingerprint density at radius 1 is 1.04 bits per heavy atom. The molecule has 10 nitrogen and oxygen atoms in total. The van der Waals surface area contributed by atoms with Gasteiger partial charge in [0.05, 0.1) is 6.61 Å². The number of amides is 1. The molecular formula is C12H25ClN2O8. The molecule has 0 aliphatic heterocycles. The van der Waals surface area contributed by atoms with Crippen LogP contribution in [0.25, 0.3) is 0 Å². The van der Waals surface area contributed by atoms with Crippen molar-refractivity contribution < 1.29 is 40.2 Å². The number of aliphatic hydroxyl groups is 5. The minimum atomic E-state index is -2.16. The molecule has 0 saturated carbocycles. The summed E-state index contributed by atoms with van der Waals surface area (Å²) in [6, 6.07) is -1.28. The molecule has 0 unspecified atom stereocenters. The molecule has 138 valence electrons. The number of carbonyl (C=O) groups is 2. The minimum Gasteiger partial charge on any atom is -0.480 e. The Kier molecular flexibility index (Phi) is 13.1. The fraction of sp³-hybridized carbons (Fsp3) is 0.833. The summed E-state index contributed by atoms with van der Waals surface area (Å²) in [5, 5.41) is 57.2. The van der Waals surface area contributed by atoms with Crippen LogP contribution >= 0.6 is 12.4 Å². The average Bonchev–Trinajstić information content (AvgIpc) is 2.50. The lowest BCUT2D eigenvalue weighted by Gasteiger charge is -2.26. The normalized spacial score (nSPS) is 17.3. The van der Waals surface area contributed by atoms with Crippen molar-refractivity contribution in [3.63, 3.8) is 0 Å². The molecule has 0 bridgehead atoms. The predicted molar refractivity (Wildman–Crippen MR) is 80.8 cm³/mol. The van der Waals surface area contributed by atoms with Gasteiger partial charge in [-0.3, -0.25) is 4.79 Å². The van der Waals surface area contributed by atoms with Gasteiger partial charge in [-0.05, 0) is 25.8 Å². The lowest BCUT2D eigenvalue weighted by molar-refractivity contribution is -0.153. The number of aliphatic carboxylic acids is 1. The molecule has 11 heteroatoms. The summed E-state index contributed by atoms with van der Waals surface area (Å²) in [5.41, 5.74) is 5.28. The van der Waals surface area contributed by atoms with Gasteiger partial charge in [0.1, 0.15) is 24.4 Å². The van der Waals surface area contributed by atoms with Crippen LogP contribution in [-0.2, 0) is 9.59 Å². The van der Waals surface area contributed by atoms with Crippen molar-refractivity contribution in [3.8, 4) is 0 Å². The molecular weight excluding hydrogens is 336 g/mol. The number of rotatable bonds is 11. The zero-order valence-electron chi connectivity index (χ0n) is 12.4. The molecule has 0 fully saturated rings. The van der Waals surface area contributed by atoms with Gasteiger partial charge >= 0.3 is 5.97 Å². The highest BCUT2D eigenvalue weighted by molar-refractivity contribution is 5.86. The number of halogens is 1. The maximum absolute atomic E-state index is 11.7. The first-order valence-corrected chi connectivity index (χ1v) is 6.82. The summed E-state index contributed by atoms with van der Waals surface area (Å²) in [7, 11) is 0. The largest absolute Gasteiger partial charge is 0.480 e. The first kappa shape index (κ1) is 24.2. The van der Waals surface area contributed by atoms with E-state index in [0.29, 0.717) is 19.4 Å². The van der Waals surface area contributed by atoms with Gasteiger partial charge in [-0.25, -0.2) is 4.79 Å². The number of aliphatic hydroxyl groups excluding tert-OH is 5. The number of nitrogens with two attached hydrogens (primary N) is 1. The van der Waals surface area contributed by atoms with Crippen molar-refractivity contribution in [2.75, 3.05) is 13.2 Å². The highest BCUT2D eigenvalue weighted by atomic mass is 35.5. The molecule has 0 aromatic rings. The summed E-state index contributed by atoms with van der Waals surface area (Å²) in [6.45, 7) is -0.518. The molecule has 0 saturated heterocycles. The molecule has 0 aromatic carbocycles. The van der Waals surface area contributed by atoms with Gasteiger partial charge in [-0.1, -0.05) is 0 Å². The van der Waals surface area contributed by atoms with E-state index in [2.05, 4.69) is 0 Å². The van der Waals surface area contributed by atoms with Crippen LogP contribution in [0.2, 0.25) is 0 Å². The molecule has 0 spiro atoms. The number of unbranched alkanes of at least 4 members (excludes halogenated alkanes) is 1. The van der Waals surface area contributed by atoms with Gasteiger partial charge in [-0.2, -0.15) is 0 Å². The Labute approximate surface area is 139 Å². The quantitative estimate of drug-likeness (QED) is 0.173. The van der Waals surface area contributed by atoms with Crippen molar-refractivity contribution >= 4 is 24.3 Å². The van der Waals surface area contributed by atoms with Crippen molar-refractivity contribution in [2.24, 2.45) is 5.73 Å². The second kappa shape index (κ2) is 12.4. The number of hydrogen-bond acceptors (Lipinski definition) is 8. The third-order valence-corrected chi connectivity index (χ3v) is 3.08. The molecule has 0 aliphatic rings. The van der Waals surface area contributed by atoms with E-state index in [9.17, 15) is 24.9 Å².